The van der Waals surface area contributed by atoms with Crippen LogP contribution in [-0.2, 0) is 4.79 Å². The van der Waals surface area contributed by atoms with Crippen LogP contribution in [0.15, 0.2) is 59.8 Å². The van der Waals surface area contributed by atoms with Crippen molar-refractivity contribution in [3.05, 3.63) is 70.9 Å². The van der Waals surface area contributed by atoms with Crippen molar-refractivity contribution in [3.63, 3.8) is 0 Å². The van der Waals surface area contributed by atoms with E-state index in [0.717, 1.165) is 35.6 Å². The summed E-state index contributed by atoms with van der Waals surface area (Å²) in [5.41, 5.74) is 5.44. The molecule has 152 valence electrons. The molecule has 0 saturated heterocycles. The van der Waals surface area contributed by atoms with E-state index in [-0.39, 0.29) is 11.9 Å². The van der Waals surface area contributed by atoms with Crippen molar-refractivity contribution in [3.8, 4) is 0 Å². The minimum absolute atomic E-state index is 0.145. The molecule has 2 aromatic carbocycles. The molecule has 1 amide bonds. The van der Waals surface area contributed by atoms with Crippen LogP contribution in [0.4, 0.5) is 11.4 Å². The number of carbonyl (C=O) groups is 1. The highest BCUT2D eigenvalue weighted by atomic mass is 32.1. The number of anilines is 2. The number of thiocarbonyl (C=S) groups is 1. The Morgan fingerprint density at radius 2 is 1.79 bits per heavy atom. The highest BCUT2D eigenvalue weighted by molar-refractivity contribution is 7.80. The molecule has 6 heteroatoms. The summed E-state index contributed by atoms with van der Waals surface area (Å²) in [5, 5.41) is 9.88. The molecule has 0 aromatic heterocycles. The molecule has 0 radical (unpaired) electrons. The van der Waals surface area contributed by atoms with E-state index in [9.17, 15) is 4.79 Å². The van der Waals surface area contributed by atoms with Gasteiger partial charge in [-0.15, -0.1) is 0 Å². The number of hydrogen-bond donors (Lipinski definition) is 3. The van der Waals surface area contributed by atoms with Crippen molar-refractivity contribution >= 4 is 34.6 Å². The molecule has 0 bridgehead atoms. The zero-order chi connectivity index (χ0) is 21.0. The van der Waals surface area contributed by atoms with E-state index >= 15 is 0 Å². The van der Waals surface area contributed by atoms with Crippen LogP contribution in [0.5, 0.6) is 0 Å². The van der Waals surface area contributed by atoms with E-state index in [0.29, 0.717) is 10.7 Å². The Morgan fingerprint density at radius 1 is 1.10 bits per heavy atom. The van der Waals surface area contributed by atoms with Crippen molar-refractivity contribution in [2.45, 2.75) is 33.7 Å². The molecule has 1 aliphatic rings. The van der Waals surface area contributed by atoms with Gasteiger partial charge in [-0.2, -0.15) is 0 Å². The average molecular weight is 409 g/mol. The lowest BCUT2D eigenvalue weighted by molar-refractivity contribution is -0.113. The van der Waals surface area contributed by atoms with Crippen molar-refractivity contribution in [1.29, 1.82) is 0 Å². The second-order valence-corrected chi connectivity index (χ2v) is 7.57. The third-order valence-corrected chi connectivity index (χ3v) is 5.36. The van der Waals surface area contributed by atoms with Gasteiger partial charge in [-0.3, -0.25) is 4.79 Å². The number of hydrogen-bond acceptors (Lipinski definition) is 3. The second kappa shape index (κ2) is 9.09. The minimum atomic E-state index is -0.306. The maximum atomic E-state index is 13.1. The van der Waals surface area contributed by atoms with Crippen molar-refractivity contribution in [2.24, 2.45) is 0 Å². The number of rotatable bonds is 6. The predicted octanol–water partition coefficient (Wildman–Crippen LogP) is 4.27. The molecule has 1 aliphatic heterocycles. The van der Waals surface area contributed by atoms with Gasteiger partial charge in [0, 0.05) is 30.2 Å². The molecule has 3 rings (SSSR count). The number of aryl methyl sites for hydroxylation is 1. The molecule has 29 heavy (non-hydrogen) atoms. The Kier molecular flexibility index (Phi) is 6.54. The molecule has 2 aromatic rings. The van der Waals surface area contributed by atoms with E-state index in [1.54, 1.807) is 0 Å². The van der Waals surface area contributed by atoms with Crippen LogP contribution >= 0.6 is 12.2 Å². The zero-order valence-electron chi connectivity index (χ0n) is 17.4. The van der Waals surface area contributed by atoms with Gasteiger partial charge >= 0.3 is 0 Å². The molecule has 0 spiro atoms. The standard InChI is InChI=1S/C23H28N4OS/c1-5-27(6-2)19-12-10-17(11-13-19)21-20(16(4)24-23(29)26-21)22(28)25-18-9-7-8-15(3)14-18/h7-14,21H,5-6H2,1-4H3,(H,25,28)(H2,24,26,29). The minimum Gasteiger partial charge on any atom is -0.372 e. The summed E-state index contributed by atoms with van der Waals surface area (Å²) < 4.78 is 0. The summed E-state index contributed by atoms with van der Waals surface area (Å²) in [6.07, 6.45) is 0. The van der Waals surface area contributed by atoms with Crippen LogP contribution in [0.3, 0.4) is 0 Å². The number of allylic oxidation sites excluding steroid dienone is 1. The van der Waals surface area contributed by atoms with E-state index < -0.39 is 0 Å². The summed E-state index contributed by atoms with van der Waals surface area (Å²) in [6.45, 7) is 10.1. The first-order valence-electron chi connectivity index (χ1n) is 9.94. The zero-order valence-corrected chi connectivity index (χ0v) is 18.2. The van der Waals surface area contributed by atoms with Crippen LogP contribution in [0, 0.1) is 6.92 Å². The van der Waals surface area contributed by atoms with Gasteiger partial charge in [-0.25, -0.2) is 0 Å². The Bertz CT molecular complexity index is 932. The van der Waals surface area contributed by atoms with Gasteiger partial charge in [0.05, 0.1) is 11.6 Å². The lowest BCUT2D eigenvalue weighted by Crippen LogP contribution is -2.45. The summed E-state index contributed by atoms with van der Waals surface area (Å²) in [6, 6.07) is 15.8. The summed E-state index contributed by atoms with van der Waals surface area (Å²) in [5.74, 6) is -0.145. The highest BCUT2D eigenvalue weighted by Gasteiger charge is 2.30. The summed E-state index contributed by atoms with van der Waals surface area (Å²) in [7, 11) is 0. The Morgan fingerprint density at radius 3 is 2.41 bits per heavy atom. The SMILES string of the molecule is CCN(CC)c1ccc(C2NC(=S)NC(C)=C2C(=O)Nc2cccc(C)c2)cc1. The normalized spacial score (nSPS) is 16.1. The van der Waals surface area contributed by atoms with Crippen molar-refractivity contribution in [1.82, 2.24) is 10.6 Å². The van der Waals surface area contributed by atoms with Crippen molar-refractivity contribution in [2.75, 3.05) is 23.3 Å². The average Bonchev–Trinajstić information content (AvgIpc) is 2.68. The molecular weight excluding hydrogens is 380 g/mol. The van der Waals surface area contributed by atoms with Gasteiger partial charge in [-0.05, 0) is 75.3 Å². The predicted molar refractivity (Wildman–Crippen MR) is 124 cm³/mol. The van der Waals surface area contributed by atoms with Crippen LogP contribution in [-0.4, -0.2) is 24.1 Å². The fourth-order valence-electron chi connectivity index (χ4n) is 3.63. The Labute approximate surface area is 178 Å². The number of carbonyl (C=O) groups excluding carboxylic acids is 1. The lowest BCUT2D eigenvalue weighted by Gasteiger charge is -2.31. The molecule has 1 atom stereocenters. The van der Waals surface area contributed by atoms with Crippen molar-refractivity contribution < 1.29 is 4.79 Å². The smallest absolute Gasteiger partial charge is 0.255 e. The maximum absolute atomic E-state index is 13.1. The van der Waals surface area contributed by atoms with Gasteiger partial charge in [0.1, 0.15) is 0 Å². The number of amides is 1. The van der Waals surface area contributed by atoms with Crippen LogP contribution in [0.25, 0.3) is 0 Å². The molecule has 0 saturated carbocycles. The van der Waals surface area contributed by atoms with Gasteiger partial charge < -0.3 is 20.9 Å². The third-order valence-electron chi connectivity index (χ3n) is 5.14. The second-order valence-electron chi connectivity index (χ2n) is 7.16. The molecule has 1 unspecified atom stereocenters. The van der Waals surface area contributed by atoms with E-state index in [2.05, 4.69) is 59.0 Å². The molecule has 0 aliphatic carbocycles. The molecule has 3 N–H and O–H groups in total. The molecule has 5 nitrogen and oxygen atoms in total. The first-order chi connectivity index (χ1) is 13.9. The highest BCUT2D eigenvalue weighted by Crippen LogP contribution is 2.29. The first kappa shape index (κ1) is 20.9. The molecular formula is C23H28N4OS. The van der Waals surface area contributed by atoms with E-state index in [4.69, 9.17) is 12.2 Å². The Balaban J connectivity index is 1.90. The largest absolute Gasteiger partial charge is 0.372 e. The topological polar surface area (TPSA) is 56.4 Å². The van der Waals surface area contributed by atoms with E-state index in [1.165, 1.54) is 5.69 Å². The number of benzene rings is 2. The number of nitrogens with zero attached hydrogens (tertiary/aromatic N) is 1. The fraction of sp³-hybridized carbons (Fsp3) is 0.304. The third kappa shape index (κ3) is 4.77. The molecule has 1 heterocycles. The van der Waals surface area contributed by atoms with Crippen LogP contribution in [0.1, 0.15) is 37.9 Å². The Hall–Kier alpha value is -2.86. The van der Waals surface area contributed by atoms with Gasteiger partial charge in [0.25, 0.3) is 5.91 Å². The fourth-order valence-corrected chi connectivity index (χ4v) is 3.90. The van der Waals surface area contributed by atoms with E-state index in [1.807, 2.05) is 38.1 Å². The monoisotopic (exact) mass is 408 g/mol. The summed E-state index contributed by atoms with van der Waals surface area (Å²) >= 11 is 5.35. The van der Waals surface area contributed by atoms with Gasteiger partial charge in [0.2, 0.25) is 0 Å². The maximum Gasteiger partial charge on any atom is 0.255 e. The number of nitrogens with one attached hydrogen (secondary N) is 3. The first-order valence-corrected chi connectivity index (χ1v) is 10.3. The van der Waals surface area contributed by atoms with Gasteiger partial charge in [0.15, 0.2) is 5.11 Å². The molecule has 0 fully saturated rings. The van der Waals surface area contributed by atoms with Crippen LogP contribution < -0.4 is 20.9 Å². The summed E-state index contributed by atoms with van der Waals surface area (Å²) in [4.78, 5) is 15.4. The van der Waals surface area contributed by atoms with Gasteiger partial charge in [-0.1, -0.05) is 24.3 Å². The van der Waals surface area contributed by atoms with Crippen LogP contribution in [0.2, 0.25) is 0 Å². The lowest BCUT2D eigenvalue weighted by atomic mass is 9.94. The quantitative estimate of drug-likeness (QED) is 0.623.